The summed E-state index contributed by atoms with van der Waals surface area (Å²) in [6, 6.07) is 36.6. The maximum absolute atomic E-state index is 7.17. The minimum atomic E-state index is 0. The molecule has 0 unspecified atom stereocenters. The van der Waals surface area contributed by atoms with Gasteiger partial charge in [0.2, 0.25) is 0 Å². The fraction of sp³-hybridized carbons (Fsp3) is 0.382. The van der Waals surface area contributed by atoms with Crippen molar-refractivity contribution in [3.8, 4) is 0 Å². The highest BCUT2D eigenvalue weighted by atomic mass is 35.5. The highest BCUT2D eigenvalue weighted by Gasteiger charge is 2.16. The lowest BCUT2D eigenvalue weighted by Gasteiger charge is -2.27. The molecule has 2 aliphatic heterocycles. The average Bonchev–Trinajstić information content (AvgIpc) is 3.34. The number of hydrogen-bond acceptors (Lipinski definition) is 13. The van der Waals surface area contributed by atoms with Gasteiger partial charge in [-0.25, -0.2) is 9.98 Å². The Balaban J connectivity index is 0.000000487. The van der Waals surface area contributed by atoms with Crippen LogP contribution in [0.1, 0.15) is 79.8 Å². The predicted molar refractivity (Wildman–Crippen MR) is 325 cm³/mol. The van der Waals surface area contributed by atoms with Crippen LogP contribution in [0.4, 0.5) is 0 Å². The van der Waals surface area contributed by atoms with Gasteiger partial charge in [-0.3, -0.25) is 20.6 Å². The molecule has 0 radical (unpaired) electrons. The standard InChI is InChI=1S/C34H44N6S2.C10H14N4S2.C10H15N.CH4.2ClH/c1-25-9-11-27(3)29(17-25)13-15-39-21-35-33(36-22-39)41-19-31-7-5-6-8-32(31)20-42-34-37-23-40(24-38-34)16-14-30-18-26(2)10-12-28(30)4;11-9(12)15-5-7-3-1-2-4-8(7)6-16-10(13)14;1-8-3-4-9(2)10(7-8)5-6-11;;;/h5-12,17-18H,13-16,19-24H2,1-4H3,(H,35,36)(H,37,38);1-4H,5-6H2,(H3,11,12)(H3,13,14);3-4,7H,5-6,11H2,1-2H3;1H4;2*1H. The highest BCUT2D eigenvalue weighted by Crippen LogP contribution is 2.24. The van der Waals surface area contributed by atoms with E-state index in [1.165, 1.54) is 84.7 Å². The summed E-state index contributed by atoms with van der Waals surface area (Å²) in [5.74, 6) is 3.20. The van der Waals surface area contributed by atoms with E-state index < -0.39 is 0 Å². The number of halogens is 2. The van der Waals surface area contributed by atoms with Crippen molar-refractivity contribution >= 4 is 92.5 Å². The Morgan fingerprint density at radius 2 is 0.847 bits per heavy atom. The van der Waals surface area contributed by atoms with Gasteiger partial charge in [0.15, 0.2) is 20.7 Å². The molecule has 0 aromatic heterocycles. The number of rotatable bonds is 16. The van der Waals surface area contributed by atoms with Crippen molar-refractivity contribution in [1.29, 1.82) is 10.8 Å². The molecule has 0 spiro atoms. The van der Waals surface area contributed by atoms with E-state index in [1.54, 1.807) is 23.5 Å². The summed E-state index contributed by atoms with van der Waals surface area (Å²) in [7, 11) is 0. The third-order valence-electron chi connectivity index (χ3n) is 11.8. The average molecular weight is 1090 g/mol. The predicted octanol–water partition coefficient (Wildman–Crippen LogP) is 11.4. The van der Waals surface area contributed by atoms with Crippen molar-refractivity contribution in [2.75, 3.05) is 46.3 Å². The Kier molecular flexibility index (Phi) is 30.5. The van der Waals surface area contributed by atoms with Gasteiger partial charge in [0.25, 0.3) is 0 Å². The van der Waals surface area contributed by atoms with Gasteiger partial charge in [-0.2, -0.15) is 0 Å². The second-order valence-electron chi connectivity index (χ2n) is 17.4. The molecule has 5 aromatic rings. The number of amidine groups is 4. The second-order valence-corrected chi connectivity index (χ2v) is 21.4. The molecule has 0 fully saturated rings. The lowest BCUT2D eigenvalue weighted by atomic mass is 10.0. The van der Waals surface area contributed by atoms with E-state index in [4.69, 9.17) is 38.0 Å². The quantitative estimate of drug-likeness (QED) is 0.0369. The minimum Gasteiger partial charge on any atom is -0.379 e. The number of nitrogens with one attached hydrogen (secondary N) is 4. The molecule has 0 saturated heterocycles. The second kappa shape index (κ2) is 34.4. The Morgan fingerprint density at radius 1 is 0.514 bits per heavy atom. The molecular weight excluding hydrogens is 1010 g/mol. The molecule has 392 valence electrons. The van der Waals surface area contributed by atoms with Crippen molar-refractivity contribution in [2.45, 2.75) is 91.2 Å². The van der Waals surface area contributed by atoms with Crippen LogP contribution in [0.3, 0.4) is 0 Å². The zero-order chi connectivity index (χ0) is 49.5. The summed E-state index contributed by atoms with van der Waals surface area (Å²) in [5.41, 5.74) is 33.4. The lowest BCUT2D eigenvalue weighted by molar-refractivity contribution is 0.270. The number of nitrogens with zero attached hydrogens (tertiary/aromatic N) is 4. The molecular formula is C55H79Cl2N11S4. The first-order chi connectivity index (χ1) is 33.3. The maximum atomic E-state index is 7.17. The Labute approximate surface area is 460 Å². The van der Waals surface area contributed by atoms with E-state index in [1.807, 2.05) is 24.3 Å². The van der Waals surface area contributed by atoms with Gasteiger partial charge in [0, 0.05) is 36.1 Å². The number of thioether (sulfide) groups is 4. The van der Waals surface area contributed by atoms with Crippen molar-refractivity contribution in [2.24, 2.45) is 27.2 Å². The van der Waals surface area contributed by atoms with Gasteiger partial charge in [0.05, 0.1) is 26.7 Å². The van der Waals surface area contributed by atoms with Crippen molar-refractivity contribution in [3.63, 3.8) is 0 Å². The molecule has 0 bridgehead atoms. The molecule has 0 amide bonds. The van der Waals surface area contributed by atoms with Crippen LogP contribution in [0.5, 0.6) is 0 Å². The summed E-state index contributed by atoms with van der Waals surface area (Å²) in [4.78, 5) is 14.4. The SMILES string of the molecule is C.Cc1ccc(C)c(CCN)c1.Cc1ccc(C)c(CCN2CN=C(SCc3ccccc3CSC3=NCN(CCc4cc(C)ccc4C)CN3)NC2)c1.Cl.Cl.N=C(N)SCc1ccccc1CSC(=N)N. The van der Waals surface area contributed by atoms with Crippen LogP contribution in [0.2, 0.25) is 0 Å². The molecule has 2 aliphatic rings. The monoisotopic (exact) mass is 1090 g/mol. The van der Waals surface area contributed by atoms with Gasteiger partial charge in [-0.1, -0.05) is 174 Å². The largest absolute Gasteiger partial charge is 0.379 e. The van der Waals surface area contributed by atoms with Crippen LogP contribution in [-0.4, -0.2) is 76.8 Å². The van der Waals surface area contributed by atoms with E-state index in [-0.39, 0.29) is 42.6 Å². The summed E-state index contributed by atoms with van der Waals surface area (Å²) < 4.78 is 0. The van der Waals surface area contributed by atoms with E-state index >= 15 is 0 Å². The first-order valence-corrected chi connectivity index (χ1v) is 27.4. The minimum absolute atomic E-state index is 0. The van der Waals surface area contributed by atoms with Crippen molar-refractivity contribution in [3.05, 3.63) is 175 Å². The molecule has 17 heteroatoms. The van der Waals surface area contributed by atoms with Crippen molar-refractivity contribution in [1.82, 2.24) is 20.4 Å². The van der Waals surface area contributed by atoms with E-state index in [0.29, 0.717) is 11.5 Å². The summed E-state index contributed by atoms with van der Waals surface area (Å²) in [5, 5.41) is 23.7. The third kappa shape index (κ3) is 22.9. The Morgan fingerprint density at radius 3 is 1.15 bits per heavy atom. The number of aliphatic imine (C=N–C) groups is 2. The smallest absolute Gasteiger partial charge is 0.159 e. The van der Waals surface area contributed by atoms with Gasteiger partial charge in [-0.15, -0.1) is 24.8 Å². The van der Waals surface area contributed by atoms with Gasteiger partial charge in [0.1, 0.15) is 0 Å². The topological polar surface area (TPSA) is 181 Å². The molecule has 5 aromatic carbocycles. The molecule has 72 heavy (non-hydrogen) atoms. The molecule has 2 heterocycles. The number of benzene rings is 5. The summed E-state index contributed by atoms with van der Waals surface area (Å²) in [6.07, 6.45) is 3.11. The van der Waals surface area contributed by atoms with Crippen LogP contribution in [0.15, 0.2) is 113 Å². The fourth-order valence-corrected chi connectivity index (χ4v) is 10.6. The zero-order valence-electron chi connectivity index (χ0n) is 42.2. The molecule has 7 rings (SSSR count). The van der Waals surface area contributed by atoms with E-state index in [9.17, 15) is 0 Å². The normalized spacial score (nSPS) is 13.1. The van der Waals surface area contributed by atoms with Crippen LogP contribution < -0.4 is 27.8 Å². The third-order valence-corrected chi connectivity index (χ3v) is 15.3. The maximum Gasteiger partial charge on any atom is 0.159 e. The first-order valence-electron chi connectivity index (χ1n) is 23.5. The first kappa shape index (κ1) is 64.0. The summed E-state index contributed by atoms with van der Waals surface area (Å²) in [6.45, 7) is 19.0. The Bertz CT molecular complexity index is 2380. The fourth-order valence-electron chi connectivity index (χ4n) is 7.59. The molecule has 0 saturated carbocycles. The number of aryl methyl sites for hydroxylation is 6. The lowest BCUT2D eigenvalue weighted by Crippen LogP contribution is -2.42. The van der Waals surface area contributed by atoms with Crippen LogP contribution >= 0.6 is 71.9 Å². The number of hydrogen-bond donors (Lipinski definition) is 7. The van der Waals surface area contributed by atoms with Crippen LogP contribution in [-0.2, 0) is 42.3 Å². The molecule has 11 nitrogen and oxygen atoms in total. The van der Waals surface area contributed by atoms with Gasteiger partial charge < -0.3 is 27.8 Å². The van der Waals surface area contributed by atoms with Crippen molar-refractivity contribution < 1.29 is 0 Å². The Hall–Kier alpha value is -4.16. The van der Waals surface area contributed by atoms with Gasteiger partial charge >= 0.3 is 0 Å². The highest BCUT2D eigenvalue weighted by molar-refractivity contribution is 8.14. The number of nitrogens with two attached hydrogens (primary N) is 3. The molecule has 0 atom stereocenters. The molecule has 10 N–H and O–H groups in total. The van der Waals surface area contributed by atoms with Crippen LogP contribution in [0, 0.1) is 52.4 Å². The molecule has 0 aliphatic carbocycles. The zero-order valence-corrected chi connectivity index (χ0v) is 47.1. The van der Waals surface area contributed by atoms with Crippen LogP contribution in [0.25, 0.3) is 0 Å². The van der Waals surface area contributed by atoms with Gasteiger partial charge in [-0.05, 0) is 123 Å². The van der Waals surface area contributed by atoms with E-state index in [2.05, 4.69) is 141 Å². The summed E-state index contributed by atoms with van der Waals surface area (Å²) >= 11 is 6.21. The van der Waals surface area contributed by atoms with E-state index in [0.717, 1.165) is 98.5 Å².